The zero-order valence-corrected chi connectivity index (χ0v) is 13.6. The first-order chi connectivity index (χ1) is 11.0. The first-order valence-electron chi connectivity index (χ1n) is 7.90. The molecule has 118 valence electrons. The van der Waals surface area contributed by atoms with Crippen LogP contribution in [0.4, 0.5) is 10.6 Å². The van der Waals surface area contributed by atoms with Crippen molar-refractivity contribution in [1.82, 2.24) is 14.3 Å². The van der Waals surface area contributed by atoms with Crippen LogP contribution in [0.2, 0.25) is 0 Å². The van der Waals surface area contributed by atoms with E-state index < -0.39 is 0 Å². The van der Waals surface area contributed by atoms with Crippen molar-refractivity contribution in [3.05, 3.63) is 47.8 Å². The number of carbonyl (C=O) groups is 1. The molecule has 1 fully saturated rings. The fraction of sp³-hybridized carbons (Fsp3) is 0.333. The molecule has 1 amide bonds. The Morgan fingerprint density at radius 2 is 2.04 bits per heavy atom. The van der Waals surface area contributed by atoms with E-state index in [2.05, 4.69) is 23.4 Å². The summed E-state index contributed by atoms with van der Waals surface area (Å²) in [7, 11) is 1.93. The smallest absolute Gasteiger partial charge is 0.290 e. The molecule has 0 spiro atoms. The molecule has 23 heavy (non-hydrogen) atoms. The van der Waals surface area contributed by atoms with Crippen LogP contribution in [0.15, 0.2) is 36.5 Å². The molecule has 1 saturated carbocycles. The third-order valence-corrected chi connectivity index (χ3v) is 4.80. The third kappa shape index (κ3) is 2.32. The molecule has 5 nitrogen and oxygen atoms in total. The number of aromatic nitrogens is 3. The Morgan fingerprint density at radius 3 is 2.78 bits per heavy atom. The van der Waals surface area contributed by atoms with Crippen molar-refractivity contribution in [2.75, 3.05) is 5.32 Å². The van der Waals surface area contributed by atoms with Gasteiger partial charge in [0.2, 0.25) is 0 Å². The minimum absolute atomic E-state index is 0.186. The normalized spacial score (nSPS) is 15.8. The van der Waals surface area contributed by atoms with Gasteiger partial charge in [0.1, 0.15) is 0 Å². The summed E-state index contributed by atoms with van der Waals surface area (Å²) in [5.41, 5.74) is 3.49. The maximum Gasteiger partial charge on any atom is 0.331 e. The molecule has 0 saturated heterocycles. The summed E-state index contributed by atoms with van der Waals surface area (Å²) < 4.78 is 3.50. The molecule has 2 heterocycles. The van der Waals surface area contributed by atoms with Crippen LogP contribution in [0.3, 0.4) is 0 Å². The number of nitrogens with one attached hydrogen (secondary N) is 1. The summed E-state index contributed by atoms with van der Waals surface area (Å²) in [5, 5.41) is 8.40. The molecule has 2 aromatic heterocycles. The largest absolute Gasteiger partial charge is 0.331 e. The lowest BCUT2D eigenvalue weighted by Crippen LogP contribution is -2.18. The average Bonchev–Trinajstić information content (AvgIpc) is 2.94. The van der Waals surface area contributed by atoms with Crippen molar-refractivity contribution in [2.24, 2.45) is 7.05 Å². The second kappa shape index (κ2) is 4.72. The standard InChI is InChI=1S/C18H20N4O/c1-12-4-5-14-13(10-12)6-9-22(14)17(23)19-16-11-15(21(3)20-16)18(2)7-8-18/h4-6,9-11H,7-8H2,1-3H3,(H,19,20,23). The quantitative estimate of drug-likeness (QED) is 0.782. The number of aryl methyl sites for hydroxylation is 2. The number of benzene rings is 1. The molecule has 1 N–H and O–H groups in total. The number of anilines is 1. The molecule has 0 atom stereocenters. The van der Waals surface area contributed by atoms with Crippen LogP contribution in [-0.4, -0.2) is 20.4 Å². The Kier molecular flexibility index (Phi) is 2.88. The highest BCUT2D eigenvalue weighted by atomic mass is 16.2. The van der Waals surface area contributed by atoms with Crippen LogP contribution in [0.5, 0.6) is 0 Å². The summed E-state index contributed by atoms with van der Waals surface area (Å²) >= 11 is 0. The lowest BCUT2D eigenvalue weighted by Gasteiger charge is -2.06. The van der Waals surface area contributed by atoms with Gasteiger partial charge in [-0.05, 0) is 38.0 Å². The Bertz CT molecular complexity index is 914. The van der Waals surface area contributed by atoms with Gasteiger partial charge in [-0.2, -0.15) is 5.10 Å². The summed E-state index contributed by atoms with van der Waals surface area (Å²) in [5.74, 6) is 0.606. The van der Waals surface area contributed by atoms with Crippen LogP contribution in [0.25, 0.3) is 10.9 Å². The van der Waals surface area contributed by atoms with E-state index >= 15 is 0 Å². The molecule has 1 aliphatic carbocycles. The van der Waals surface area contributed by atoms with Crippen LogP contribution >= 0.6 is 0 Å². The maximum absolute atomic E-state index is 12.6. The monoisotopic (exact) mass is 308 g/mol. The van der Waals surface area contributed by atoms with Gasteiger partial charge in [-0.25, -0.2) is 4.79 Å². The minimum atomic E-state index is -0.186. The van der Waals surface area contributed by atoms with Gasteiger partial charge in [-0.3, -0.25) is 14.6 Å². The van der Waals surface area contributed by atoms with E-state index in [0.29, 0.717) is 5.82 Å². The molecular formula is C18H20N4O. The van der Waals surface area contributed by atoms with Crippen molar-refractivity contribution in [2.45, 2.75) is 32.1 Å². The number of hydrogen-bond donors (Lipinski definition) is 1. The highest BCUT2D eigenvalue weighted by molar-refractivity contribution is 5.98. The third-order valence-electron chi connectivity index (χ3n) is 4.80. The number of amides is 1. The molecular weight excluding hydrogens is 288 g/mol. The molecule has 4 rings (SSSR count). The van der Waals surface area contributed by atoms with Crippen molar-refractivity contribution in [3.8, 4) is 0 Å². The van der Waals surface area contributed by atoms with Crippen LogP contribution in [0.1, 0.15) is 31.0 Å². The minimum Gasteiger partial charge on any atom is -0.290 e. The highest BCUT2D eigenvalue weighted by Crippen LogP contribution is 2.47. The van der Waals surface area contributed by atoms with Gasteiger partial charge in [0, 0.05) is 35.8 Å². The molecule has 5 heteroatoms. The van der Waals surface area contributed by atoms with Crippen LogP contribution < -0.4 is 5.32 Å². The Labute approximate surface area is 134 Å². The second-order valence-corrected chi connectivity index (χ2v) is 6.78. The zero-order valence-electron chi connectivity index (χ0n) is 13.6. The van der Waals surface area contributed by atoms with E-state index in [1.165, 1.54) is 24.1 Å². The summed E-state index contributed by atoms with van der Waals surface area (Å²) in [4.78, 5) is 12.6. The molecule has 3 aromatic rings. The van der Waals surface area contributed by atoms with Crippen molar-refractivity contribution in [1.29, 1.82) is 0 Å². The maximum atomic E-state index is 12.6. The fourth-order valence-corrected chi connectivity index (χ4v) is 3.15. The highest BCUT2D eigenvalue weighted by Gasteiger charge is 2.41. The molecule has 1 aromatic carbocycles. The van der Waals surface area contributed by atoms with Crippen molar-refractivity contribution < 1.29 is 4.79 Å². The van der Waals surface area contributed by atoms with Crippen molar-refractivity contribution in [3.63, 3.8) is 0 Å². The zero-order chi connectivity index (χ0) is 16.2. The van der Waals surface area contributed by atoms with Gasteiger partial charge in [-0.1, -0.05) is 18.6 Å². The Hall–Kier alpha value is -2.56. The van der Waals surface area contributed by atoms with Gasteiger partial charge in [-0.15, -0.1) is 0 Å². The summed E-state index contributed by atoms with van der Waals surface area (Å²) in [6.45, 7) is 4.28. The van der Waals surface area contributed by atoms with Gasteiger partial charge in [0.25, 0.3) is 0 Å². The summed E-state index contributed by atoms with van der Waals surface area (Å²) in [6, 6.07) is 9.82. The van der Waals surface area contributed by atoms with Crippen LogP contribution in [0, 0.1) is 6.92 Å². The average molecular weight is 308 g/mol. The predicted molar refractivity (Wildman–Crippen MR) is 90.9 cm³/mol. The van der Waals surface area contributed by atoms with Gasteiger partial charge in [0.15, 0.2) is 5.82 Å². The van der Waals surface area contributed by atoms with Gasteiger partial charge < -0.3 is 0 Å². The van der Waals surface area contributed by atoms with E-state index in [1.807, 2.05) is 42.9 Å². The first-order valence-corrected chi connectivity index (χ1v) is 7.90. The number of rotatable bonds is 2. The fourth-order valence-electron chi connectivity index (χ4n) is 3.15. The number of hydrogen-bond acceptors (Lipinski definition) is 2. The second-order valence-electron chi connectivity index (χ2n) is 6.78. The lowest BCUT2D eigenvalue weighted by atomic mass is 10.1. The first kappa shape index (κ1) is 14.1. The van der Waals surface area contributed by atoms with Gasteiger partial charge >= 0.3 is 6.03 Å². The Morgan fingerprint density at radius 1 is 1.26 bits per heavy atom. The van der Waals surface area contributed by atoms with Crippen molar-refractivity contribution >= 4 is 22.8 Å². The van der Waals surface area contributed by atoms with Crippen LogP contribution in [-0.2, 0) is 12.5 Å². The molecule has 1 aliphatic rings. The molecule has 0 bridgehead atoms. The predicted octanol–water partition coefficient (Wildman–Crippen LogP) is 3.81. The van der Waals surface area contributed by atoms with Gasteiger partial charge in [0.05, 0.1) is 5.52 Å². The molecule has 0 unspecified atom stereocenters. The lowest BCUT2D eigenvalue weighted by molar-refractivity contribution is 0.254. The number of carbonyl (C=O) groups excluding carboxylic acids is 1. The SMILES string of the molecule is Cc1ccc2c(ccn2C(=O)Nc2cc(C3(C)CC3)n(C)n2)c1. The summed E-state index contributed by atoms with van der Waals surface area (Å²) in [6.07, 6.45) is 4.16. The number of fused-ring (bicyclic) bond motifs is 1. The number of nitrogens with zero attached hydrogens (tertiary/aromatic N) is 3. The van der Waals surface area contributed by atoms with E-state index in [4.69, 9.17) is 0 Å². The van der Waals surface area contributed by atoms with E-state index in [9.17, 15) is 4.79 Å². The van der Waals surface area contributed by atoms with E-state index in [1.54, 1.807) is 10.8 Å². The molecule has 0 radical (unpaired) electrons. The molecule has 0 aliphatic heterocycles. The van der Waals surface area contributed by atoms with E-state index in [0.717, 1.165) is 10.9 Å². The Balaban J connectivity index is 1.62. The van der Waals surface area contributed by atoms with E-state index in [-0.39, 0.29) is 11.4 Å². The topological polar surface area (TPSA) is 51.9 Å².